The summed E-state index contributed by atoms with van der Waals surface area (Å²) in [5.41, 5.74) is 0.691. The predicted molar refractivity (Wildman–Crippen MR) is 61.6 cm³/mol. The normalized spacial score (nSPS) is 14.1. The van der Waals surface area contributed by atoms with Crippen molar-refractivity contribution in [2.24, 2.45) is 0 Å². The highest BCUT2D eigenvalue weighted by Crippen LogP contribution is 2.28. The molecule has 0 unspecified atom stereocenters. The van der Waals surface area contributed by atoms with E-state index < -0.39 is 0 Å². The van der Waals surface area contributed by atoms with Gasteiger partial charge in [0.2, 0.25) is 5.91 Å². The first-order valence-corrected chi connectivity index (χ1v) is 5.14. The zero-order valence-electron chi connectivity index (χ0n) is 7.83. The summed E-state index contributed by atoms with van der Waals surface area (Å²) >= 11 is 3.30. The van der Waals surface area contributed by atoms with E-state index in [9.17, 15) is 4.79 Å². The minimum absolute atomic E-state index is 0.0716. The third-order valence-electron chi connectivity index (χ3n) is 2.02. The number of fused-ring (bicyclic) bond motifs is 1. The van der Waals surface area contributed by atoms with E-state index in [0.29, 0.717) is 12.2 Å². The molecule has 0 saturated heterocycles. The summed E-state index contributed by atoms with van der Waals surface area (Å²) < 4.78 is 0.823. The van der Waals surface area contributed by atoms with Gasteiger partial charge in [0.1, 0.15) is 0 Å². The molecule has 1 aromatic heterocycles. The van der Waals surface area contributed by atoms with Crippen LogP contribution in [0.25, 0.3) is 0 Å². The second kappa shape index (κ2) is 3.91. The number of terminal acetylenes is 1. The van der Waals surface area contributed by atoms with Gasteiger partial charge in [-0.3, -0.25) is 4.79 Å². The van der Waals surface area contributed by atoms with Gasteiger partial charge in [-0.2, -0.15) is 0 Å². The molecular weight excluding hydrogens is 258 g/mol. The Balaban J connectivity index is 2.42. The van der Waals surface area contributed by atoms with Crippen molar-refractivity contribution in [2.45, 2.75) is 0 Å². The largest absolute Gasteiger partial charge is 0.334 e. The molecule has 0 atom stereocenters. The number of carbonyl (C=O) groups is 1. The monoisotopic (exact) mass is 265 g/mol. The summed E-state index contributed by atoms with van der Waals surface area (Å²) in [5.74, 6) is 3.15. The van der Waals surface area contributed by atoms with E-state index >= 15 is 0 Å². The molecule has 0 aromatic carbocycles. The molecule has 0 bridgehead atoms. The van der Waals surface area contributed by atoms with E-state index in [1.165, 1.54) is 0 Å². The van der Waals surface area contributed by atoms with E-state index in [0.717, 1.165) is 10.3 Å². The van der Waals surface area contributed by atoms with Crippen LogP contribution in [0, 0.1) is 12.3 Å². The van der Waals surface area contributed by atoms with E-state index in [1.54, 1.807) is 11.1 Å². The molecule has 1 aromatic rings. The topological polar surface area (TPSA) is 45.2 Å². The lowest BCUT2D eigenvalue weighted by Gasteiger charge is -2.27. The second-order valence-electron chi connectivity index (χ2n) is 3.13. The van der Waals surface area contributed by atoms with Gasteiger partial charge in [0.15, 0.2) is 5.82 Å². The number of hydrogen-bond acceptors (Lipinski definition) is 3. The number of aromatic nitrogens is 1. The van der Waals surface area contributed by atoms with Crippen LogP contribution in [0.4, 0.5) is 11.5 Å². The van der Waals surface area contributed by atoms with Crippen LogP contribution in [-0.4, -0.2) is 24.0 Å². The van der Waals surface area contributed by atoms with Gasteiger partial charge in [0, 0.05) is 10.7 Å². The number of rotatable bonds is 1. The zero-order chi connectivity index (χ0) is 10.8. The molecule has 0 aliphatic carbocycles. The Bertz CT molecular complexity index is 452. The Morgan fingerprint density at radius 3 is 3.27 bits per heavy atom. The van der Waals surface area contributed by atoms with Crippen LogP contribution >= 0.6 is 15.9 Å². The van der Waals surface area contributed by atoms with Crippen LogP contribution in [0.15, 0.2) is 16.7 Å². The molecule has 1 amide bonds. The average Bonchev–Trinajstić information content (AvgIpc) is 2.17. The highest BCUT2D eigenvalue weighted by atomic mass is 79.9. The fourth-order valence-electron chi connectivity index (χ4n) is 1.45. The Labute approximate surface area is 95.8 Å². The summed E-state index contributed by atoms with van der Waals surface area (Å²) in [4.78, 5) is 17.3. The van der Waals surface area contributed by atoms with Crippen molar-refractivity contribution in [1.29, 1.82) is 0 Å². The van der Waals surface area contributed by atoms with Crippen LogP contribution < -0.4 is 10.2 Å². The van der Waals surface area contributed by atoms with Crippen LogP contribution in [0.2, 0.25) is 0 Å². The first kappa shape index (κ1) is 9.99. The standard InChI is InChI=1S/C10H8BrN3O/c1-2-3-14-6-9(15)13-8-4-7(11)5-12-10(8)14/h1,4-5H,3,6H2,(H,13,15). The summed E-state index contributed by atoms with van der Waals surface area (Å²) in [7, 11) is 0. The highest BCUT2D eigenvalue weighted by molar-refractivity contribution is 9.10. The lowest BCUT2D eigenvalue weighted by atomic mass is 10.3. The average molecular weight is 266 g/mol. The maximum atomic E-state index is 11.4. The predicted octanol–water partition coefficient (Wildman–Crippen LogP) is 1.24. The van der Waals surface area contributed by atoms with Crippen molar-refractivity contribution in [3.63, 3.8) is 0 Å². The number of nitrogens with zero attached hydrogens (tertiary/aromatic N) is 2. The summed E-state index contributed by atoms with van der Waals surface area (Å²) in [5, 5.41) is 2.75. The minimum atomic E-state index is -0.0716. The van der Waals surface area contributed by atoms with Gasteiger partial charge < -0.3 is 10.2 Å². The van der Waals surface area contributed by atoms with E-state index in [2.05, 4.69) is 32.2 Å². The molecule has 5 heteroatoms. The number of pyridine rings is 1. The van der Waals surface area contributed by atoms with Gasteiger partial charge in [-0.1, -0.05) is 5.92 Å². The number of halogens is 1. The number of carbonyl (C=O) groups excluding carboxylic acids is 1. The molecule has 1 N–H and O–H groups in total. The number of nitrogens with one attached hydrogen (secondary N) is 1. The third-order valence-corrected chi connectivity index (χ3v) is 2.46. The Kier molecular flexibility index (Phi) is 2.60. The summed E-state index contributed by atoms with van der Waals surface area (Å²) in [6.07, 6.45) is 6.91. The van der Waals surface area contributed by atoms with Crippen molar-refractivity contribution in [1.82, 2.24) is 4.98 Å². The molecule has 76 valence electrons. The molecule has 0 fully saturated rings. The molecule has 4 nitrogen and oxygen atoms in total. The molecule has 2 rings (SSSR count). The quantitative estimate of drug-likeness (QED) is 0.778. The fraction of sp³-hybridized carbons (Fsp3) is 0.200. The maximum Gasteiger partial charge on any atom is 0.244 e. The first-order chi connectivity index (χ1) is 7.20. The van der Waals surface area contributed by atoms with Crippen molar-refractivity contribution in [3.05, 3.63) is 16.7 Å². The van der Waals surface area contributed by atoms with Gasteiger partial charge >= 0.3 is 0 Å². The SMILES string of the molecule is C#CCN1CC(=O)Nc2cc(Br)cnc21. The third kappa shape index (κ3) is 1.95. The minimum Gasteiger partial charge on any atom is -0.334 e. The smallest absolute Gasteiger partial charge is 0.244 e. The van der Waals surface area contributed by atoms with E-state index in [1.807, 2.05) is 6.07 Å². The number of amides is 1. The highest BCUT2D eigenvalue weighted by Gasteiger charge is 2.22. The lowest BCUT2D eigenvalue weighted by molar-refractivity contribution is -0.115. The fourth-order valence-corrected chi connectivity index (χ4v) is 1.79. The Morgan fingerprint density at radius 1 is 1.73 bits per heavy atom. The van der Waals surface area contributed by atoms with Gasteiger partial charge in [-0.05, 0) is 22.0 Å². The Hall–Kier alpha value is -1.54. The van der Waals surface area contributed by atoms with Crippen molar-refractivity contribution in [2.75, 3.05) is 23.3 Å². The van der Waals surface area contributed by atoms with Crippen LogP contribution in [0.1, 0.15) is 0 Å². The van der Waals surface area contributed by atoms with Gasteiger partial charge in [-0.25, -0.2) is 4.98 Å². The van der Waals surface area contributed by atoms with E-state index in [4.69, 9.17) is 6.42 Å². The number of hydrogen-bond donors (Lipinski definition) is 1. The van der Waals surface area contributed by atoms with Gasteiger partial charge in [0.25, 0.3) is 0 Å². The number of anilines is 2. The maximum absolute atomic E-state index is 11.4. The van der Waals surface area contributed by atoms with Gasteiger partial charge in [0.05, 0.1) is 18.8 Å². The molecule has 1 aliphatic heterocycles. The summed E-state index contributed by atoms with van der Waals surface area (Å²) in [6.45, 7) is 0.640. The molecule has 0 radical (unpaired) electrons. The first-order valence-electron chi connectivity index (χ1n) is 4.34. The molecule has 1 aliphatic rings. The van der Waals surface area contributed by atoms with Gasteiger partial charge in [-0.15, -0.1) is 6.42 Å². The van der Waals surface area contributed by atoms with Crippen LogP contribution in [0.5, 0.6) is 0 Å². The van der Waals surface area contributed by atoms with E-state index in [-0.39, 0.29) is 12.5 Å². The second-order valence-corrected chi connectivity index (χ2v) is 4.05. The zero-order valence-corrected chi connectivity index (χ0v) is 9.41. The lowest BCUT2D eigenvalue weighted by Crippen LogP contribution is -2.39. The molecular formula is C10H8BrN3O. The Morgan fingerprint density at radius 2 is 2.53 bits per heavy atom. The molecule has 0 spiro atoms. The molecule has 15 heavy (non-hydrogen) atoms. The molecule has 2 heterocycles. The van der Waals surface area contributed by atoms with Crippen LogP contribution in [-0.2, 0) is 4.79 Å². The van der Waals surface area contributed by atoms with Crippen LogP contribution in [0.3, 0.4) is 0 Å². The summed E-state index contributed by atoms with van der Waals surface area (Å²) in [6, 6.07) is 1.81. The van der Waals surface area contributed by atoms with Crippen molar-refractivity contribution >= 4 is 33.3 Å². The molecule has 0 saturated carbocycles. The van der Waals surface area contributed by atoms with Crippen molar-refractivity contribution < 1.29 is 4.79 Å². The van der Waals surface area contributed by atoms with Crippen molar-refractivity contribution in [3.8, 4) is 12.3 Å².